The molecule has 1 aliphatic heterocycles. The van der Waals surface area contributed by atoms with E-state index in [9.17, 15) is 4.79 Å². The molecule has 1 aliphatic rings. The molecule has 1 saturated heterocycles. The maximum Gasteiger partial charge on any atom is 0.251 e. The predicted molar refractivity (Wildman–Crippen MR) is 79.0 cm³/mol. The van der Waals surface area contributed by atoms with Gasteiger partial charge in [0.05, 0.1) is 6.20 Å². The molecule has 1 atom stereocenters. The quantitative estimate of drug-likeness (QED) is 0.918. The Hall–Kier alpha value is -2.50. The van der Waals surface area contributed by atoms with Crippen LogP contribution in [0.2, 0.25) is 0 Å². The van der Waals surface area contributed by atoms with Crippen LogP contribution in [0.5, 0.6) is 0 Å². The zero-order valence-electron chi connectivity index (χ0n) is 11.6. The number of hydrogen-bond donors (Lipinski definition) is 1. The average Bonchev–Trinajstić information content (AvgIpc) is 2.57. The second-order valence-corrected chi connectivity index (χ2v) is 5.06. The summed E-state index contributed by atoms with van der Waals surface area (Å²) < 4.78 is 0. The summed E-state index contributed by atoms with van der Waals surface area (Å²) in [7, 11) is 0. The Morgan fingerprint density at radius 2 is 2.05 bits per heavy atom. The highest BCUT2D eigenvalue weighted by Crippen LogP contribution is 2.16. The molecule has 0 aromatic carbocycles. The summed E-state index contributed by atoms with van der Waals surface area (Å²) in [6, 6.07) is 3.57. The molecule has 3 heterocycles. The van der Waals surface area contributed by atoms with Gasteiger partial charge in [0.2, 0.25) is 0 Å². The minimum absolute atomic E-state index is 0.0524. The van der Waals surface area contributed by atoms with Crippen molar-refractivity contribution in [2.75, 3.05) is 18.0 Å². The van der Waals surface area contributed by atoms with E-state index in [1.807, 2.05) is 0 Å². The van der Waals surface area contributed by atoms with Gasteiger partial charge in [-0.05, 0) is 25.0 Å². The third-order valence-corrected chi connectivity index (χ3v) is 3.57. The monoisotopic (exact) mass is 283 g/mol. The Morgan fingerprint density at radius 3 is 2.81 bits per heavy atom. The number of rotatable bonds is 3. The summed E-state index contributed by atoms with van der Waals surface area (Å²) >= 11 is 0. The Labute approximate surface area is 123 Å². The summed E-state index contributed by atoms with van der Waals surface area (Å²) in [5, 5.41) is 3.08. The van der Waals surface area contributed by atoms with Crippen molar-refractivity contribution in [2.24, 2.45) is 0 Å². The Morgan fingerprint density at radius 1 is 1.19 bits per heavy atom. The molecule has 1 N–H and O–H groups in total. The first kappa shape index (κ1) is 13.5. The number of aromatic nitrogens is 3. The van der Waals surface area contributed by atoms with E-state index in [2.05, 4.69) is 25.2 Å². The van der Waals surface area contributed by atoms with Crippen molar-refractivity contribution >= 4 is 11.7 Å². The zero-order chi connectivity index (χ0) is 14.5. The molecule has 0 spiro atoms. The molecule has 0 radical (unpaired) electrons. The normalized spacial score (nSPS) is 18.3. The van der Waals surface area contributed by atoms with Gasteiger partial charge >= 0.3 is 0 Å². The number of pyridine rings is 1. The average molecular weight is 283 g/mol. The first-order valence-electron chi connectivity index (χ1n) is 7.05. The smallest absolute Gasteiger partial charge is 0.251 e. The van der Waals surface area contributed by atoms with Gasteiger partial charge in [-0.3, -0.25) is 14.8 Å². The third kappa shape index (κ3) is 3.34. The fourth-order valence-electron chi connectivity index (χ4n) is 2.53. The number of nitrogens with zero attached hydrogens (tertiary/aromatic N) is 4. The molecule has 0 bridgehead atoms. The number of carbonyl (C=O) groups is 1. The SMILES string of the molecule is O=C(N[C@@H]1CCCN(c2cnccn2)C1)c1ccncc1. The number of hydrogen-bond acceptors (Lipinski definition) is 5. The molecule has 21 heavy (non-hydrogen) atoms. The number of piperidine rings is 1. The zero-order valence-corrected chi connectivity index (χ0v) is 11.6. The Bertz CT molecular complexity index is 590. The third-order valence-electron chi connectivity index (χ3n) is 3.57. The van der Waals surface area contributed by atoms with E-state index >= 15 is 0 Å². The van der Waals surface area contributed by atoms with E-state index < -0.39 is 0 Å². The maximum absolute atomic E-state index is 12.2. The molecular formula is C15H17N5O. The number of amides is 1. The molecule has 3 rings (SSSR count). The highest BCUT2D eigenvalue weighted by atomic mass is 16.1. The van der Waals surface area contributed by atoms with Crippen molar-refractivity contribution in [3.63, 3.8) is 0 Å². The van der Waals surface area contributed by atoms with Gasteiger partial charge in [0.1, 0.15) is 5.82 Å². The fraction of sp³-hybridized carbons (Fsp3) is 0.333. The first-order chi connectivity index (χ1) is 10.3. The van der Waals surface area contributed by atoms with E-state index in [4.69, 9.17) is 0 Å². The molecule has 0 aliphatic carbocycles. The number of carbonyl (C=O) groups excluding carboxylic acids is 1. The summed E-state index contributed by atoms with van der Waals surface area (Å²) in [6.45, 7) is 1.70. The van der Waals surface area contributed by atoms with Gasteiger partial charge in [0.25, 0.3) is 5.91 Å². The lowest BCUT2D eigenvalue weighted by Crippen LogP contribution is -2.48. The molecule has 0 saturated carbocycles. The molecule has 2 aromatic rings. The molecule has 2 aromatic heterocycles. The van der Waals surface area contributed by atoms with E-state index in [-0.39, 0.29) is 11.9 Å². The van der Waals surface area contributed by atoms with E-state index in [1.165, 1.54) is 0 Å². The van der Waals surface area contributed by atoms with Crippen LogP contribution in [0.1, 0.15) is 23.2 Å². The lowest BCUT2D eigenvalue weighted by molar-refractivity contribution is 0.0933. The molecule has 0 unspecified atom stereocenters. The second kappa shape index (κ2) is 6.30. The van der Waals surface area contributed by atoms with Crippen LogP contribution in [0.25, 0.3) is 0 Å². The summed E-state index contributed by atoms with van der Waals surface area (Å²) in [6.07, 6.45) is 10.4. The molecule has 108 valence electrons. The second-order valence-electron chi connectivity index (χ2n) is 5.06. The Balaban J connectivity index is 1.63. The number of nitrogens with one attached hydrogen (secondary N) is 1. The van der Waals surface area contributed by atoms with Crippen LogP contribution in [-0.4, -0.2) is 40.0 Å². The van der Waals surface area contributed by atoms with Crippen molar-refractivity contribution in [2.45, 2.75) is 18.9 Å². The highest BCUT2D eigenvalue weighted by Gasteiger charge is 2.22. The van der Waals surface area contributed by atoms with Crippen molar-refractivity contribution in [3.8, 4) is 0 Å². The van der Waals surface area contributed by atoms with E-state index in [1.54, 1.807) is 43.1 Å². The fourth-order valence-corrected chi connectivity index (χ4v) is 2.53. The largest absolute Gasteiger partial charge is 0.353 e. The minimum atomic E-state index is -0.0524. The van der Waals surface area contributed by atoms with Gasteiger partial charge < -0.3 is 10.2 Å². The van der Waals surface area contributed by atoms with Gasteiger partial charge in [-0.25, -0.2) is 4.98 Å². The van der Waals surface area contributed by atoms with Crippen LogP contribution in [0.3, 0.4) is 0 Å². The summed E-state index contributed by atoms with van der Waals surface area (Å²) in [5.41, 5.74) is 0.640. The minimum Gasteiger partial charge on any atom is -0.353 e. The van der Waals surface area contributed by atoms with Crippen LogP contribution < -0.4 is 10.2 Å². The molecule has 6 heteroatoms. The summed E-state index contributed by atoms with van der Waals surface area (Å²) in [4.78, 5) is 26.7. The number of anilines is 1. The molecule has 1 fully saturated rings. The van der Waals surface area contributed by atoms with Crippen molar-refractivity contribution in [1.82, 2.24) is 20.3 Å². The molecular weight excluding hydrogens is 266 g/mol. The first-order valence-corrected chi connectivity index (χ1v) is 7.05. The Kier molecular flexibility index (Phi) is 4.04. The van der Waals surface area contributed by atoms with Crippen LogP contribution in [-0.2, 0) is 0 Å². The van der Waals surface area contributed by atoms with Gasteiger partial charge in [0.15, 0.2) is 0 Å². The van der Waals surface area contributed by atoms with Crippen LogP contribution in [0.15, 0.2) is 43.1 Å². The van der Waals surface area contributed by atoms with E-state index in [0.717, 1.165) is 31.7 Å². The van der Waals surface area contributed by atoms with Crippen molar-refractivity contribution in [3.05, 3.63) is 48.7 Å². The van der Waals surface area contributed by atoms with Gasteiger partial charge in [-0.1, -0.05) is 0 Å². The lowest BCUT2D eigenvalue weighted by atomic mass is 10.1. The maximum atomic E-state index is 12.2. The van der Waals surface area contributed by atoms with Gasteiger partial charge in [0, 0.05) is 49.5 Å². The van der Waals surface area contributed by atoms with Crippen molar-refractivity contribution in [1.29, 1.82) is 0 Å². The van der Waals surface area contributed by atoms with Crippen LogP contribution in [0.4, 0.5) is 5.82 Å². The topological polar surface area (TPSA) is 71.0 Å². The van der Waals surface area contributed by atoms with E-state index in [0.29, 0.717) is 5.56 Å². The van der Waals surface area contributed by atoms with Gasteiger partial charge in [-0.15, -0.1) is 0 Å². The lowest BCUT2D eigenvalue weighted by Gasteiger charge is -2.33. The molecule has 6 nitrogen and oxygen atoms in total. The summed E-state index contributed by atoms with van der Waals surface area (Å²) in [5.74, 6) is 0.809. The molecule has 1 amide bonds. The van der Waals surface area contributed by atoms with Crippen LogP contribution >= 0.6 is 0 Å². The predicted octanol–water partition coefficient (Wildman–Crippen LogP) is 1.27. The standard InChI is InChI=1S/C15H17N5O/c21-15(12-3-5-16-6-4-12)19-13-2-1-9-20(11-13)14-10-17-7-8-18-14/h3-8,10,13H,1-2,9,11H2,(H,19,21)/t13-/m1/s1. The van der Waals surface area contributed by atoms with Gasteiger partial charge in [-0.2, -0.15) is 0 Å². The van der Waals surface area contributed by atoms with Crippen LogP contribution in [0, 0.1) is 0 Å². The van der Waals surface area contributed by atoms with Crippen molar-refractivity contribution < 1.29 is 4.79 Å². The highest BCUT2D eigenvalue weighted by molar-refractivity contribution is 5.94.